The van der Waals surface area contributed by atoms with Crippen molar-refractivity contribution in [2.45, 2.75) is 52.1 Å². The van der Waals surface area contributed by atoms with Gasteiger partial charge in [-0.3, -0.25) is 19.4 Å². The summed E-state index contributed by atoms with van der Waals surface area (Å²) < 4.78 is 0. The van der Waals surface area contributed by atoms with Gasteiger partial charge in [0.15, 0.2) is 5.78 Å². The van der Waals surface area contributed by atoms with Crippen LogP contribution in [0.25, 0.3) is 17.1 Å². The van der Waals surface area contributed by atoms with Crippen LogP contribution in [0.15, 0.2) is 54.2 Å². The number of pyridine rings is 1. The van der Waals surface area contributed by atoms with Crippen LogP contribution in [0.1, 0.15) is 55.2 Å². The highest BCUT2D eigenvalue weighted by atomic mass is 16.2. The van der Waals surface area contributed by atoms with Crippen molar-refractivity contribution in [3.05, 3.63) is 71.1 Å². The highest BCUT2D eigenvalue weighted by molar-refractivity contribution is 6.03. The second kappa shape index (κ2) is 8.68. The lowest BCUT2D eigenvalue weighted by atomic mass is 9.76. The normalized spacial score (nSPS) is 21.3. The number of hydrogen-bond donors (Lipinski definition) is 1. The number of carbonyl (C=O) groups excluding carboxylic acids is 3. The monoisotopic (exact) mass is 496 g/mol. The maximum atomic E-state index is 13.9. The number of hydrogen-bond acceptors (Lipinski definition) is 4. The van der Waals surface area contributed by atoms with Crippen LogP contribution in [0.3, 0.4) is 0 Å². The molecule has 7 heteroatoms. The van der Waals surface area contributed by atoms with Crippen molar-refractivity contribution in [2.24, 2.45) is 11.3 Å². The molecule has 2 aliphatic heterocycles. The first-order valence-corrected chi connectivity index (χ1v) is 13.1. The zero-order chi connectivity index (χ0) is 25.9. The van der Waals surface area contributed by atoms with Crippen LogP contribution in [-0.4, -0.2) is 62.5 Å². The number of Topliss-reactive ketones (excluding diaryl/α,β-unsaturated/α-hetero) is 1. The first kappa shape index (κ1) is 23.6. The fraction of sp³-hybridized carbons (Fsp3) is 0.400. The van der Waals surface area contributed by atoms with Crippen LogP contribution in [0, 0.1) is 11.3 Å². The Hall–Kier alpha value is -3.74. The predicted octanol–water partition coefficient (Wildman–Crippen LogP) is 4.25. The van der Waals surface area contributed by atoms with Gasteiger partial charge >= 0.3 is 0 Å². The SMILES string of the molecule is CC(C)(C)[C@H](CC(=O)C1=Cc2ccccc2C1)C(=O)N1C[C@@H]2C[C@H]1CN2C(=O)c1cc2ncccc2[nH]1. The number of fused-ring (bicyclic) bond motifs is 4. The standard InChI is InChI=1S/C30H32N4O3/c1-30(2,3)23(14-27(35)20-11-18-7-4-5-8-19(18)12-20)28(36)33-16-22-13-21(33)17-34(22)29(37)26-15-25-24(32-26)9-6-10-31-25/h4-11,15,21-23,32H,12-14,16-17H2,1-3H3/t21-,22-,23+/m0/s1. The number of benzene rings is 1. The molecule has 0 saturated carbocycles. The number of allylic oxidation sites excluding steroid dienone is 1. The van der Waals surface area contributed by atoms with E-state index >= 15 is 0 Å². The van der Waals surface area contributed by atoms with E-state index in [1.807, 2.05) is 67.0 Å². The van der Waals surface area contributed by atoms with Crippen molar-refractivity contribution in [3.63, 3.8) is 0 Å². The van der Waals surface area contributed by atoms with E-state index < -0.39 is 5.92 Å². The Bertz CT molecular complexity index is 1410. The van der Waals surface area contributed by atoms with E-state index in [-0.39, 0.29) is 41.5 Å². The number of ketones is 1. The molecule has 7 nitrogen and oxygen atoms in total. The third-order valence-electron chi connectivity index (χ3n) is 8.26. The molecule has 2 aromatic heterocycles. The Morgan fingerprint density at radius 2 is 1.81 bits per heavy atom. The molecule has 1 N–H and O–H groups in total. The molecule has 190 valence electrons. The van der Waals surface area contributed by atoms with Crippen LogP contribution in [0.4, 0.5) is 0 Å². The molecule has 2 fully saturated rings. The molecular formula is C30H32N4O3. The van der Waals surface area contributed by atoms with Gasteiger partial charge in [0.2, 0.25) is 5.91 Å². The second-order valence-corrected chi connectivity index (χ2v) is 11.7. The van der Waals surface area contributed by atoms with Gasteiger partial charge in [-0.1, -0.05) is 45.0 Å². The highest BCUT2D eigenvalue weighted by Crippen LogP contribution is 2.38. The zero-order valence-corrected chi connectivity index (χ0v) is 21.5. The van der Waals surface area contributed by atoms with Crippen molar-refractivity contribution in [3.8, 4) is 0 Å². The minimum Gasteiger partial charge on any atom is -0.349 e. The molecule has 1 aromatic carbocycles. The van der Waals surface area contributed by atoms with Gasteiger partial charge in [0, 0.05) is 37.7 Å². The fourth-order valence-electron chi connectivity index (χ4n) is 6.15. The lowest BCUT2D eigenvalue weighted by Crippen LogP contribution is -2.53. The number of rotatable bonds is 5. The molecule has 3 aromatic rings. The molecule has 6 rings (SSSR count). The maximum absolute atomic E-state index is 13.9. The van der Waals surface area contributed by atoms with E-state index in [1.165, 1.54) is 0 Å². The minimum atomic E-state index is -0.409. The molecule has 4 heterocycles. The van der Waals surface area contributed by atoms with Crippen LogP contribution >= 0.6 is 0 Å². The quantitative estimate of drug-likeness (QED) is 0.572. The Morgan fingerprint density at radius 1 is 1.05 bits per heavy atom. The lowest BCUT2D eigenvalue weighted by molar-refractivity contribution is -0.143. The molecule has 0 radical (unpaired) electrons. The van der Waals surface area contributed by atoms with Crippen molar-refractivity contribution < 1.29 is 14.4 Å². The molecule has 2 bridgehead atoms. The zero-order valence-electron chi connectivity index (χ0n) is 21.5. The molecule has 2 saturated heterocycles. The minimum absolute atomic E-state index is 0.0100. The Labute approximate surface area is 216 Å². The third kappa shape index (κ3) is 4.16. The summed E-state index contributed by atoms with van der Waals surface area (Å²) >= 11 is 0. The molecule has 3 aliphatic rings. The van der Waals surface area contributed by atoms with Crippen molar-refractivity contribution >= 4 is 34.7 Å². The van der Waals surface area contributed by atoms with Gasteiger partial charge in [-0.2, -0.15) is 0 Å². The summed E-state index contributed by atoms with van der Waals surface area (Å²) in [5, 5.41) is 0. The number of piperazine rings is 1. The summed E-state index contributed by atoms with van der Waals surface area (Å²) in [7, 11) is 0. The molecule has 0 unspecified atom stereocenters. The lowest BCUT2D eigenvalue weighted by Gasteiger charge is -2.39. The summed E-state index contributed by atoms with van der Waals surface area (Å²) in [5.74, 6) is -0.370. The van der Waals surface area contributed by atoms with Gasteiger partial charge in [-0.15, -0.1) is 0 Å². The Kier molecular flexibility index (Phi) is 5.55. The van der Waals surface area contributed by atoms with Crippen molar-refractivity contribution in [1.29, 1.82) is 0 Å². The third-order valence-corrected chi connectivity index (χ3v) is 8.26. The van der Waals surface area contributed by atoms with Gasteiger partial charge in [0.05, 0.1) is 29.0 Å². The molecule has 0 spiro atoms. The summed E-state index contributed by atoms with van der Waals surface area (Å²) in [6, 6.07) is 13.6. The number of H-pyrrole nitrogens is 1. The largest absolute Gasteiger partial charge is 0.349 e. The number of aromatic nitrogens is 2. The average Bonchev–Trinajstić information content (AvgIpc) is 3.66. The molecule has 2 amide bonds. The van der Waals surface area contributed by atoms with Crippen molar-refractivity contribution in [1.82, 2.24) is 19.8 Å². The first-order chi connectivity index (χ1) is 17.7. The van der Waals surface area contributed by atoms with Gasteiger partial charge in [-0.05, 0) is 47.2 Å². The number of nitrogens with zero attached hydrogens (tertiary/aromatic N) is 3. The second-order valence-electron chi connectivity index (χ2n) is 11.7. The van der Waals surface area contributed by atoms with E-state index in [0.717, 1.165) is 34.2 Å². The predicted molar refractivity (Wildman–Crippen MR) is 142 cm³/mol. The van der Waals surface area contributed by atoms with Gasteiger partial charge < -0.3 is 14.8 Å². The van der Waals surface area contributed by atoms with Crippen molar-refractivity contribution in [2.75, 3.05) is 13.1 Å². The Balaban J connectivity index is 1.14. The number of carbonyl (C=O) groups is 3. The van der Waals surface area contributed by atoms with Gasteiger partial charge in [-0.25, -0.2) is 0 Å². The summed E-state index contributed by atoms with van der Waals surface area (Å²) in [6.45, 7) is 7.14. The summed E-state index contributed by atoms with van der Waals surface area (Å²) in [6.07, 6.45) is 5.31. The first-order valence-electron chi connectivity index (χ1n) is 13.1. The summed E-state index contributed by atoms with van der Waals surface area (Å²) in [5.41, 5.74) is 4.83. The molecule has 37 heavy (non-hydrogen) atoms. The number of aromatic amines is 1. The topological polar surface area (TPSA) is 86.4 Å². The number of amides is 2. The number of nitrogens with one attached hydrogen (secondary N) is 1. The van der Waals surface area contributed by atoms with E-state index in [9.17, 15) is 14.4 Å². The molecular weight excluding hydrogens is 464 g/mol. The van der Waals surface area contributed by atoms with E-state index in [1.54, 1.807) is 12.3 Å². The number of likely N-dealkylation sites (tertiary alicyclic amines) is 2. The Morgan fingerprint density at radius 3 is 2.51 bits per heavy atom. The highest BCUT2D eigenvalue weighted by Gasteiger charge is 2.50. The maximum Gasteiger partial charge on any atom is 0.270 e. The smallest absolute Gasteiger partial charge is 0.270 e. The molecule has 1 aliphatic carbocycles. The van der Waals surface area contributed by atoms with Gasteiger partial charge in [0.1, 0.15) is 5.69 Å². The summed E-state index contributed by atoms with van der Waals surface area (Å²) in [4.78, 5) is 51.8. The van der Waals surface area contributed by atoms with Crippen LogP contribution in [0.2, 0.25) is 0 Å². The van der Waals surface area contributed by atoms with Crippen LogP contribution < -0.4 is 0 Å². The van der Waals surface area contributed by atoms with Crippen LogP contribution in [0.5, 0.6) is 0 Å². The van der Waals surface area contributed by atoms with E-state index in [2.05, 4.69) is 16.0 Å². The van der Waals surface area contributed by atoms with Crippen LogP contribution in [-0.2, 0) is 16.0 Å². The molecule has 3 atom stereocenters. The average molecular weight is 497 g/mol. The van der Waals surface area contributed by atoms with Gasteiger partial charge in [0.25, 0.3) is 5.91 Å². The van der Waals surface area contributed by atoms with E-state index in [4.69, 9.17) is 0 Å². The van der Waals surface area contributed by atoms with E-state index in [0.29, 0.717) is 25.2 Å². The fourth-order valence-corrected chi connectivity index (χ4v) is 6.15.